The van der Waals surface area contributed by atoms with Gasteiger partial charge < -0.3 is 10.6 Å². The number of aromatic nitrogens is 1. The third-order valence-corrected chi connectivity index (χ3v) is 3.76. The molecule has 1 aromatic carbocycles. The van der Waals surface area contributed by atoms with Crippen LogP contribution in [0.2, 0.25) is 5.02 Å². The van der Waals surface area contributed by atoms with Crippen LogP contribution in [0.5, 0.6) is 0 Å². The molecule has 1 heterocycles. The van der Waals surface area contributed by atoms with E-state index in [1.165, 1.54) is 0 Å². The Morgan fingerprint density at radius 2 is 1.75 bits per heavy atom. The van der Waals surface area contributed by atoms with Gasteiger partial charge >= 0.3 is 0 Å². The molecule has 5 nitrogen and oxygen atoms in total. The molecule has 0 aliphatic rings. The fourth-order valence-electron chi connectivity index (χ4n) is 2.11. The molecule has 0 fully saturated rings. The molecular formula is C18H20ClN3O2. The van der Waals surface area contributed by atoms with E-state index in [1.807, 2.05) is 26.8 Å². The summed E-state index contributed by atoms with van der Waals surface area (Å²) in [6, 6.07) is 9.43. The molecule has 126 valence electrons. The Hall–Kier alpha value is -2.40. The molecule has 0 radical (unpaired) electrons. The first-order valence-corrected chi connectivity index (χ1v) is 8.04. The molecule has 24 heavy (non-hydrogen) atoms. The minimum atomic E-state index is -0.670. The number of nitrogens with one attached hydrogen (secondary N) is 2. The van der Waals surface area contributed by atoms with Gasteiger partial charge in [0.2, 0.25) is 5.91 Å². The second kappa shape index (κ2) is 7.93. The van der Waals surface area contributed by atoms with Crippen LogP contribution in [0, 0.1) is 12.8 Å². The highest BCUT2D eigenvalue weighted by Crippen LogP contribution is 2.12. The van der Waals surface area contributed by atoms with E-state index in [9.17, 15) is 9.59 Å². The van der Waals surface area contributed by atoms with Crippen LogP contribution in [-0.2, 0) is 4.79 Å². The van der Waals surface area contributed by atoms with Crippen LogP contribution < -0.4 is 10.6 Å². The van der Waals surface area contributed by atoms with Crippen LogP contribution in [0.1, 0.15) is 29.8 Å². The Balaban J connectivity index is 2.07. The van der Waals surface area contributed by atoms with Gasteiger partial charge in [0.05, 0.1) is 0 Å². The van der Waals surface area contributed by atoms with Crippen LogP contribution in [0.4, 0.5) is 5.82 Å². The second-order valence-electron chi connectivity index (χ2n) is 5.91. The molecule has 2 N–H and O–H groups in total. The number of benzene rings is 1. The summed E-state index contributed by atoms with van der Waals surface area (Å²) in [6.07, 6.45) is 1.67. The molecule has 1 aromatic heterocycles. The van der Waals surface area contributed by atoms with Crippen LogP contribution in [-0.4, -0.2) is 22.8 Å². The lowest BCUT2D eigenvalue weighted by Crippen LogP contribution is -2.47. The largest absolute Gasteiger partial charge is 0.340 e. The Bertz CT molecular complexity index is 712. The topological polar surface area (TPSA) is 71.1 Å². The van der Waals surface area contributed by atoms with E-state index in [2.05, 4.69) is 15.6 Å². The van der Waals surface area contributed by atoms with Crippen molar-refractivity contribution in [1.29, 1.82) is 0 Å². The lowest BCUT2D eigenvalue weighted by Gasteiger charge is -2.21. The maximum absolute atomic E-state index is 12.5. The average Bonchev–Trinajstić information content (AvgIpc) is 2.54. The van der Waals surface area contributed by atoms with Gasteiger partial charge in [-0.2, -0.15) is 0 Å². The number of anilines is 1. The fraction of sp³-hybridized carbons (Fsp3) is 0.278. The molecule has 6 heteroatoms. The molecular weight excluding hydrogens is 326 g/mol. The minimum Gasteiger partial charge on any atom is -0.340 e. The van der Waals surface area contributed by atoms with E-state index in [4.69, 9.17) is 11.6 Å². The maximum atomic E-state index is 12.5. The normalized spacial score (nSPS) is 11.9. The second-order valence-corrected chi connectivity index (χ2v) is 6.35. The molecule has 2 aromatic rings. The van der Waals surface area contributed by atoms with Crippen molar-refractivity contribution in [2.45, 2.75) is 26.8 Å². The predicted octanol–water partition coefficient (Wildman–Crippen LogP) is 3.44. The van der Waals surface area contributed by atoms with Crippen LogP contribution >= 0.6 is 11.6 Å². The zero-order valence-corrected chi connectivity index (χ0v) is 14.6. The highest BCUT2D eigenvalue weighted by atomic mass is 35.5. The van der Waals surface area contributed by atoms with Gasteiger partial charge in [-0.25, -0.2) is 4.98 Å². The first-order chi connectivity index (χ1) is 11.4. The SMILES string of the molecule is Cc1ccc(NC(=O)C(NC(=O)c2ccc(Cl)cc2)C(C)C)nc1. The summed E-state index contributed by atoms with van der Waals surface area (Å²) in [5.74, 6) is -0.246. The zero-order valence-electron chi connectivity index (χ0n) is 13.8. The lowest BCUT2D eigenvalue weighted by molar-refractivity contribution is -0.118. The first kappa shape index (κ1) is 17.9. The molecule has 2 amide bonds. The minimum absolute atomic E-state index is 0.0771. The average molecular weight is 346 g/mol. The quantitative estimate of drug-likeness (QED) is 0.872. The van der Waals surface area contributed by atoms with Crippen molar-refractivity contribution in [1.82, 2.24) is 10.3 Å². The molecule has 0 aliphatic carbocycles. The summed E-state index contributed by atoms with van der Waals surface area (Å²) in [5, 5.41) is 6.04. The monoisotopic (exact) mass is 345 g/mol. The van der Waals surface area contributed by atoms with Crippen molar-refractivity contribution < 1.29 is 9.59 Å². The third kappa shape index (κ3) is 4.80. The van der Waals surface area contributed by atoms with Crippen molar-refractivity contribution in [2.24, 2.45) is 5.92 Å². The van der Waals surface area contributed by atoms with Crippen LogP contribution in [0.15, 0.2) is 42.6 Å². The van der Waals surface area contributed by atoms with E-state index in [1.54, 1.807) is 36.5 Å². The smallest absolute Gasteiger partial charge is 0.251 e. The molecule has 2 rings (SSSR count). The van der Waals surface area contributed by atoms with E-state index >= 15 is 0 Å². The number of nitrogens with zero attached hydrogens (tertiary/aromatic N) is 1. The van der Waals surface area contributed by atoms with Gasteiger partial charge in [-0.05, 0) is 48.7 Å². The zero-order chi connectivity index (χ0) is 17.7. The van der Waals surface area contributed by atoms with Crippen LogP contribution in [0.3, 0.4) is 0 Å². The summed E-state index contributed by atoms with van der Waals surface area (Å²) >= 11 is 5.82. The standard InChI is InChI=1S/C18H20ClN3O2/c1-11(2)16(18(24)21-15-9-4-12(3)10-20-15)22-17(23)13-5-7-14(19)8-6-13/h4-11,16H,1-3H3,(H,22,23)(H,20,21,24). The Morgan fingerprint density at radius 3 is 2.29 bits per heavy atom. The van der Waals surface area contributed by atoms with Gasteiger partial charge in [-0.3, -0.25) is 9.59 Å². The van der Waals surface area contributed by atoms with Crippen molar-refractivity contribution in [3.05, 3.63) is 58.7 Å². The van der Waals surface area contributed by atoms with Gasteiger partial charge in [0.1, 0.15) is 11.9 Å². The summed E-state index contributed by atoms with van der Waals surface area (Å²) in [5.41, 5.74) is 1.45. The molecule has 0 aliphatic heterocycles. The number of pyridine rings is 1. The van der Waals surface area contributed by atoms with Gasteiger partial charge in [0.25, 0.3) is 5.91 Å². The van der Waals surface area contributed by atoms with Crippen LogP contribution in [0.25, 0.3) is 0 Å². The Kier molecular flexibility index (Phi) is 5.93. The van der Waals surface area contributed by atoms with Gasteiger partial charge in [-0.15, -0.1) is 0 Å². The third-order valence-electron chi connectivity index (χ3n) is 3.50. The Labute approximate surface area is 146 Å². The highest BCUT2D eigenvalue weighted by Gasteiger charge is 2.25. The summed E-state index contributed by atoms with van der Waals surface area (Å²) in [6.45, 7) is 5.66. The van der Waals surface area contributed by atoms with Gasteiger partial charge in [0, 0.05) is 16.8 Å². The maximum Gasteiger partial charge on any atom is 0.251 e. The summed E-state index contributed by atoms with van der Waals surface area (Å²) in [7, 11) is 0. The fourth-order valence-corrected chi connectivity index (χ4v) is 2.23. The Morgan fingerprint density at radius 1 is 1.08 bits per heavy atom. The molecule has 1 unspecified atom stereocenters. The van der Waals surface area contributed by atoms with Crippen molar-refractivity contribution in [2.75, 3.05) is 5.32 Å². The number of halogens is 1. The van der Waals surface area contributed by atoms with E-state index in [0.717, 1.165) is 5.56 Å². The molecule has 0 saturated heterocycles. The molecule has 0 bridgehead atoms. The number of carbonyl (C=O) groups is 2. The van der Waals surface area contributed by atoms with E-state index < -0.39 is 6.04 Å². The van der Waals surface area contributed by atoms with E-state index in [-0.39, 0.29) is 17.7 Å². The number of hydrogen-bond acceptors (Lipinski definition) is 3. The molecule has 1 atom stereocenters. The number of rotatable bonds is 5. The number of amides is 2. The first-order valence-electron chi connectivity index (χ1n) is 7.67. The van der Waals surface area contributed by atoms with E-state index in [0.29, 0.717) is 16.4 Å². The van der Waals surface area contributed by atoms with Gasteiger partial charge in [-0.1, -0.05) is 31.5 Å². The lowest BCUT2D eigenvalue weighted by atomic mass is 10.0. The number of hydrogen-bond donors (Lipinski definition) is 2. The summed E-state index contributed by atoms with van der Waals surface area (Å²) in [4.78, 5) is 28.9. The summed E-state index contributed by atoms with van der Waals surface area (Å²) < 4.78 is 0. The van der Waals surface area contributed by atoms with Crippen molar-refractivity contribution in [3.8, 4) is 0 Å². The van der Waals surface area contributed by atoms with Crippen molar-refractivity contribution >= 4 is 29.2 Å². The van der Waals surface area contributed by atoms with Gasteiger partial charge in [0.15, 0.2) is 0 Å². The molecule has 0 spiro atoms. The highest BCUT2D eigenvalue weighted by molar-refractivity contribution is 6.30. The predicted molar refractivity (Wildman–Crippen MR) is 95.1 cm³/mol. The number of aryl methyl sites for hydroxylation is 1. The van der Waals surface area contributed by atoms with Crippen molar-refractivity contribution in [3.63, 3.8) is 0 Å². The molecule has 0 saturated carbocycles. The number of carbonyl (C=O) groups excluding carboxylic acids is 2.